The van der Waals surface area contributed by atoms with Gasteiger partial charge in [0.15, 0.2) is 0 Å². The smallest absolute Gasteiger partial charge is 0.220 e. The lowest BCUT2D eigenvalue weighted by Crippen LogP contribution is -2.60. The average Bonchev–Trinajstić information content (AvgIpc) is 2.93. The predicted octanol–water partition coefficient (Wildman–Crippen LogP) is 1.69. The van der Waals surface area contributed by atoms with Crippen molar-refractivity contribution in [1.82, 2.24) is 20.4 Å². The molecule has 4 rings (SSSR count). The molecule has 0 radical (unpaired) electrons. The van der Waals surface area contributed by atoms with Crippen LogP contribution in [-0.2, 0) is 4.79 Å². The van der Waals surface area contributed by atoms with E-state index in [0.29, 0.717) is 5.41 Å². The van der Waals surface area contributed by atoms with Crippen LogP contribution in [0.1, 0.15) is 52.4 Å². The first-order valence-corrected chi connectivity index (χ1v) is 9.90. The Balaban J connectivity index is 0.000000160. The van der Waals surface area contributed by atoms with Gasteiger partial charge in [0.2, 0.25) is 5.91 Å². The zero-order chi connectivity index (χ0) is 17.6. The van der Waals surface area contributed by atoms with Crippen molar-refractivity contribution in [2.75, 3.05) is 53.4 Å². The fraction of sp³-hybridized carbons (Fsp3) is 0.947. The molecule has 0 aromatic heterocycles. The summed E-state index contributed by atoms with van der Waals surface area (Å²) in [6.07, 6.45) is 6.91. The van der Waals surface area contributed by atoms with E-state index in [1.54, 1.807) is 0 Å². The highest BCUT2D eigenvalue weighted by molar-refractivity contribution is 5.79. The summed E-state index contributed by atoms with van der Waals surface area (Å²) in [5.41, 5.74) is 0.872. The molecule has 0 bridgehead atoms. The van der Waals surface area contributed by atoms with Gasteiger partial charge in [-0.3, -0.25) is 4.79 Å². The Kier molecular flexibility index (Phi) is 7.08. The van der Waals surface area contributed by atoms with Gasteiger partial charge >= 0.3 is 0 Å². The first-order valence-electron chi connectivity index (χ1n) is 9.90. The lowest BCUT2D eigenvalue weighted by Gasteiger charge is -2.48. The van der Waals surface area contributed by atoms with Gasteiger partial charge in [-0.2, -0.15) is 0 Å². The second kappa shape index (κ2) is 8.63. The van der Waals surface area contributed by atoms with Gasteiger partial charge in [0.05, 0.1) is 0 Å². The van der Waals surface area contributed by atoms with Crippen molar-refractivity contribution < 1.29 is 4.79 Å². The van der Waals surface area contributed by atoms with Gasteiger partial charge in [-0.1, -0.05) is 13.8 Å². The first kappa shape index (κ1) is 19.7. The van der Waals surface area contributed by atoms with Crippen molar-refractivity contribution in [3.05, 3.63) is 0 Å². The molecule has 24 heavy (non-hydrogen) atoms. The lowest BCUT2D eigenvalue weighted by molar-refractivity contribution is -0.120. The molecule has 4 fully saturated rings. The zero-order valence-electron chi connectivity index (χ0n) is 16.3. The number of carbonyl (C=O) groups is 1. The summed E-state index contributed by atoms with van der Waals surface area (Å²) < 4.78 is 0. The van der Waals surface area contributed by atoms with Gasteiger partial charge in [0.25, 0.3) is 0 Å². The summed E-state index contributed by atoms with van der Waals surface area (Å²) in [6.45, 7) is 11.4. The molecule has 0 atom stereocenters. The van der Waals surface area contributed by atoms with Crippen molar-refractivity contribution >= 4 is 5.91 Å². The largest absolute Gasteiger partial charge is 0.351 e. The summed E-state index contributed by atoms with van der Waals surface area (Å²) in [5.74, 6) is 0.250. The Bertz CT molecular complexity index is 400. The molecular weight excluding hydrogens is 300 g/mol. The normalized spacial score (nSPS) is 28.2. The number of nitrogens with zero attached hydrogens (tertiary/aromatic N) is 2. The first-order chi connectivity index (χ1) is 11.5. The quantitative estimate of drug-likeness (QED) is 0.706. The van der Waals surface area contributed by atoms with Crippen LogP contribution in [0, 0.1) is 5.41 Å². The third-order valence-corrected chi connectivity index (χ3v) is 6.03. The van der Waals surface area contributed by atoms with Crippen LogP contribution in [0.3, 0.4) is 0 Å². The summed E-state index contributed by atoms with van der Waals surface area (Å²) in [7, 11) is 4.38. The fourth-order valence-electron chi connectivity index (χ4n) is 4.42. The maximum Gasteiger partial charge on any atom is 0.220 e. The molecule has 1 amide bonds. The Morgan fingerprint density at radius 3 is 2.00 bits per heavy atom. The van der Waals surface area contributed by atoms with E-state index < -0.39 is 0 Å². The van der Waals surface area contributed by atoms with Crippen molar-refractivity contribution in [2.45, 2.75) is 57.9 Å². The van der Waals surface area contributed by atoms with E-state index in [2.05, 4.69) is 34.5 Å². The Labute approximate surface area is 148 Å². The average molecular weight is 339 g/mol. The Hall–Kier alpha value is -0.650. The SMILES string of the molecule is CC.CN1CCC2(CCC(=O)N2)CC1.CN1CCCC2(CNC2)C1. The molecule has 0 unspecified atom stereocenters. The van der Waals surface area contributed by atoms with E-state index in [9.17, 15) is 4.79 Å². The van der Waals surface area contributed by atoms with Crippen molar-refractivity contribution in [3.8, 4) is 0 Å². The lowest BCUT2D eigenvalue weighted by atomic mass is 9.75. The second-order valence-corrected chi connectivity index (χ2v) is 8.08. The van der Waals surface area contributed by atoms with Gasteiger partial charge in [0.1, 0.15) is 0 Å². The Morgan fingerprint density at radius 2 is 1.58 bits per heavy atom. The molecule has 0 aromatic rings. The minimum atomic E-state index is 0.184. The predicted molar refractivity (Wildman–Crippen MR) is 100 cm³/mol. The molecule has 5 nitrogen and oxygen atoms in total. The van der Waals surface area contributed by atoms with Crippen LogP contribution in [0.5, 0.6) is 0 Å². The van der Waals surface area contributed by atoms with Crippen LogP contribution in [0.25, 0.3) is 0 Å². The topological polar surface area (TPSA) is 47.6 Å². The van der Waals surface area contributed by atoms with Crippen molar-refractivity contribution in [2.24, 2.45) is 5.41 Å². The van der Waals surface area contributed by atoms with Crippen LogP contribution in [0.2, 0.25) is 0 Å². The van der Waals surface area contributed by atoms with E-state index in [-0.39, 0.29) is 11.4 Å². The fourth-order valence-corrected chi connectivity index (χ4v) is 4.42. The molecule has 140 valence electrons. The van der Waals surface area contributed by atoms with E-state index >= 15 is 0 Å². The number of likely N-dealkylation sites (tertiary alicyclic amines) is 2. The summed E-state index contributed by atoms with van der Waals surface area (Å²) >= 11 is 0. The highest BCUT2D eigenvalue weighted by Crippen LogP contribution is 2.32. The number of amides is 1. The highest BCUT2D eigenvalue weighted by Gasteiger charge is 2.40. The maximum absolute atomic E-state index is 11.1. The van der Waals surface area contributed by atoms with Crippen molar-refractivity contribution in [1.29, 1.82) is 0 Å². The molecule has 0 aliphatic carbocycles. The van der Waals surface area contributed by atoms with Crippen LogP contribution >= 0.6 is 0 Å². The molecule has 4 saturated heterocycles. The van der Waals surface area contributed by atoms with Crippen LogP contribution in [0.15, 0.2) is 0 Å². The zero-order valence-corrected chi connectivity index (χ0v) is 16.3. The van der Waals surface area contributed by atoms with Gasteiger partial charge in [0, 0.05) is 50.1 Å². The standard InChI is InChI=1S/C9H16N2O.C8H16N2.C2H6/c1-11-6-4-9(5-7-11)3-2-8(12)10-9;1-10-4-2-3-8(7-10)5-9-6-8;1-2/h2-7H2,1H3,(H,10,12);9H,2-7H2,1H3;1-2H3. The molecule has 5 heteroatoms. The molecule has 0 aromatic carbocycles. The number of carbonyl (C=O) groups excluding carboxylic acids is 1. The molecular formula is C19H38N4O. The summed E-state index contributed by atoms with van der Waals surface area (Å²) in [6, 6.07) is 0. The molecule has 2 spiro atoms. The minimum absolute atomic E-state index is 0.184. The number of hydrogen-bond acceptors (Lipinski definition) is 4. The van der Waals surface area contributed by atoms with Gasteiger partial charge in [-0.05, 0) is 52.7 Å². The second-order valence-electron chi connectivity index (χ2n) is 8.08. The monoisotopic (exact) mass is 338 g/mol. The van der Waals surface area contributed by atoms with Gasteiger partial charge in [-0.25, -0.2) is 0 Å². The molecule has 4 aliphatic rings. The molecule has 2 N–H and O–H groups in total. The minimum Gasteiger partial charge on any atom is -0.351 e. The Morgan fingerprint density at radius 1 is 0.917 bits per heavy atom. The van der Waals surface area contributed by atoms with Crippen LogP contribution in [0.4, 0.5) is 0 Å². The summed E-state index contributed by atoms with van der Waals surface area (Å²) in [4.78, 5) is 15.9. The number of hydrogen-bond donors (Lipinski definition) is 2. The maximum atomic E-state index is 11.1. The van der Waals surface area contributed by atoms with E-state index in [0.717, 1.165) is 38.8 Å². The number of nitrogens with one attached hydrogen (secondary N) is 2. The third-order valence-electron chi connectivity index (χ3n) is 6.03. The third kappa shape index (κ3) is 4.93. The number of rotatable bonds is 0. The van der Waals surface area contributed by atoms with E-state index in [4.69, 9.17) is 0 Å². The molecule has 0 saturated carbocycles. The van der Waals surface area contributed by atoms with Gasteiger partial charge < -0.3 is 20.4 Å². The summed E-state index contributed by atoms with van der Waals surface area (Å²) in [5, 5.41) is 6.49. The number of piperidine rings is 2. The van der Waals surface area contributed by atoms with Crippen LogP contribution in [-0.4, -0.2) is 74.6 Å². The van der Waals surface area contributed by atoms with Crippen LogP contribution < -0.4 is 10.6 Å². The van der Waals surface area contributed by atoms with E-state index in [1.807, 2.05) is 13.8 Å². The molecule has 4 heterocycles. The van der Waals surface area contributed by atoms with Gasteiger partial charge in [-0.15, -0.1) is 0 Å². The highest BCUT2D eigenvalue weighted by atomic mass is 16.2. The molecule has 4 aliphatic heterocycles. The van der Waals surface area contributed by atoms with E-state index in [1.165, 1.54) is 39.0 Å². The van der Waals surface area contributed by atoms with Crippen molar-refractivity contribution in [3.63, 3.8) is 0 Å².